The maximum absolute atomic E-state index is 2.42. The van der Waals surface area contributed by atoms with Crippen LogP contribution in [0.1, 0.15) is 25.0 Å². The molecule has 10 rings (SSSR count). The standard InChI is InChI=1S/C47H32/c1-47(2)42-17-7-6-14-38(42)40-16-9-15-39-37(24-25-43(47)46(39)40)35-27-33(29-10-4-3-5-11-29)26-34(28-35)36-22-20-32-19-18-30-12-8-13-31-21-23-41(36)45(32)44(30)31/h3-28H,1-2H3. The Morgan fingerprint density at radius 2 is 0.894 bits per heavy atom. The Balaban J connectivity index is 1.27. The molecular weight excluding hydrogens is 565 g/mol. The minimum absolute atomic E-state index is 0.0828. The van der Waals surface area contributed by atoms with Crippen LogP contribution in [0.5, 0.6) is 0 Å². The maximum atomic E-state index is 2.42. The summed E-state index contributed by atoms with van der Waals surface area (Å²) in [6.07, 6.45) is 0. The second kappa shape index (κ2) is 9.64. The van der Waals surface area contributed by atoms with Crippen LogP contribution in [0, 0.1) is 0 Å². The highest BCUT2D eigenvalue weighted by Gasteiger charge is 2.33. The lowest BCUT2D eigenvalue weighted by molar-refractivity contribution is 0.645. The van der Waals surface area contributed by atoms with Gasteiger partial charge in [0.05, 0.1) is 0 Å². The predicted octanol–water partition coefficient (Wildman–Crippen LogP) is 13.0. The van der Waals surface area contributed by atoms with Gasteiger partial charge in [0.1, 0.15) is 0 Å². The van der Waals surface area contributed by atoms with Crippen LogP contribution in [0.3, 0.4) is 0 Å². The summed E-state index contributed by atoms with van der Waals surface area (Å²) >= 11 is 0. The zero-order chi connectivity index (χ0) is 31.3. The largest absolute Gasteiger partial charge is 0.0622 e. The van der Waals surface area contributed by atoms with E-state index in [0.717, 1.165) is 0 Å². The minimum atomic E-state index is -0.0828. The van der Waals surface area contributed by atoms with Crippen molar-refractivity contribution in [1.82, 2.24) is 0 Å². The van der Waals surface area contributed by atoms with E-state index in [9.17, 15) is 0 Å². The summed E-state index contributed by atoms with van der Waals surface area (Å²) in [5, 5.41) is 10.6. The van der Waals surface area contributed by atoms with Gasteiger partial charge in [-0.05, 0) is 117 Å². The van der Waals surface area contributed by atoms with Gasteiger partial charge in [-0.25, -0.2) is 0 Å². The Kier molecular flexibility index (Phi) is 5.44. The van der Waals surface area contributed by atoms with Crippen LogP contribution in [0.25, 0.3) is 87.6 Å². The van der Waals surface area contributed by atoms with E-state index in [1.54, 1.807) is 0 Å². The van der Waals surface area contributed by atoms with Crippen LogP contribution in [-0.2, 0) is 5.41 Å². The number of hydrogen-bond acceptors (Lipinski definition) is 0. The average Bonchev–Trinajstić information content (AvgIpc) is 3.13. The third-order valence-corrected chi connectivity index (χ3v) is 10.8. The highest BCUT2D eigenvalue weighted by Crippen LogP contribution is 2.50. The highest BCUT2D eigenvalue weighted by atomic mass is 14.4. The maximum Gasteiger partial charge on any atom is 0.0159 e. The zero-order valence-electron chi connectivity index (χ0n) is 26.5. The van der Waals surface area contributed by atoms with Crippen molar-refractivity contribution >= 4 is 43.1 Å². The molecule has 9 aromatic carbocycles. The van der Waals surface area contributed by atoms with Gasteiger partial charge in [-0.15, -0.1) is 0 Å². The molecule has 0 atom stereocenters. The van der Waals surface area contributed by atoms with E-state index in [1.807, 2.05) is 0 Å². The Hall–Kier alpha value is -5.72. The minimum Gasteiger partial charge on any atom is -0.0622 e. The van der Waals surface area contributed by atoms with E-state index in [1.165, 1.54) is 98.7 Å². The number of rotatable bonds is 3. The second-order valence-electron chi connectivity index (χ2n) is 13.7. The summed E-state index contributed by atoms with van der Waals surface area (Å²) in [5.74, 6) is 0. The fraction of sp³-hybridized carbons (Fsp3) is 0.0638. The summed E-state index contributed by atoms with van der Waals surface area (Å²) in [5.41, 5.74) is 12.9. The summed E-state index contributed by atoms with van der Waals surface area (Å²) in [4.78, 5) is 0. The molecule has 0 nitrogen and oxygen atoms in total. The van der Waals surface area contributed by atoms with Gasteiger partial charge in [0.2, 0.25) is 0 Å². The molecule has 1 aliphatic rings. The molecule has 1 aliphatic carbocycles. The molecule has 0 saturated carbocycles. The molecule has 9 aromatic rings. The smallest absolute Gasteiger partial charge is 0.0159 e. The first kappa shape index (κ1) is 26.5. The molecule has 0 saturated heterocycles. The van der Waals surface area contributed by atoms with Gasteiger partial charge in [-0.1, -0.05) is 153 Å². The van der Waals surface area contributed by atoms with Crippen LogP contribution < -0.4 is 0 Å². The van der Waals surface area contributed by atoms with Crippen molar-refractivity contribution < 1.29 is 0 Å². The predicted molar refractivity (Wildman–Crippen MR) is 202 cm³/mol. The zero-order valence-corrected chi connectivity index (χ0v) is 26.5. The molecule has 0 N–H and O–H groups in total. The molecule has 0 amide bonds. The lowest BCUT2D eigenvalue weighted by atomic mass is 9.68. The lowest BCUT2D eigenvalue weighted by Gasteiger charge is -2.35. The summed E-state index contributed by atoms with van der Waals surface area (Å²) in [6, 6.07) is 59.0. The Bertz CT molecular complexity index is 2670. The van der Waals surface area contributed by atoms with Crippen molar-refractivity contribution in [3.63, 3.8) is 0 Å². The van der Waals surface area contributed by atoms with Crippen LogP contribution in [0.4, 0.5) is 0 Å². The van der Waals surface area contributed by atoms with Crippen molar-refractivity contribution in [3.8, 4) is 44.5 Å². The van der Waals surface area contributed by atoms with E-state index in [-0.39, 0.29) is 5.41 Å². The normalized spacial score (nSPS) is 13.5. The molecule has 0 aromatic heterocycles. The van der Waals surface area contributed by atoms with E-state index >= 15 is 0 Å². The molecule has 47 heavy (non-hydrogen) atoms. The topological polar surface area (TPSA) is 0 Å². The van der Waals surface area contributed by atoms with Crippen molar-refractivity contribution in [2.75, 3.05) is 0 Å². The van der Waals surface area contributed by atoms with Gasteiger partial charge >= 0.3 is 0 Å². The number of benzene rings is 9. The summed E-state index contributed by atoms with van der Waals surface area (Å²) in [6.45, 7) is 4.75. The Morgan fingerprint density at radius 1 is 0.319 bits per heavy atom. The van der Waals surface area contributed by atoms with Crippen molar-refractivity contribution in [3.05, 3.63) is 169 Å². The van der Waals surface area contributed by atoms with Gasteiger partial charge in [0, 0.05) is 5.41 Å². The third kappa shape index (κ3) is 3.76. The lowest BCUT2D eigenvalue weighted by Crippen LogP contribution is -2.23. The van der Waals surface area contributed by atoms with E-state index in [2.05, 4.69) is 172 Å². The molecule has 0 bridgehead atoms. The molecule has 0 unspecified atom stereocenters. The number of hydrogen-bond donors (Lipinski definition) is 0. The average molecular weight is 597 g/mol. The second-order valence-corrected chi connectivity index (χ2v) is 13.7. The van der Waals surface area contributed by atoms with E-state index in [4.69, 9.17) is 0 Å². The van der Waals surface area contributed by atoms with Gasteiger partial charge in [-0.2, -0.15) is 0 Å². The van der Waals surface area contributed by atoms with Gasteiger partial charge in [0.15, 0.2) is 0 Å². The highest BCUT2D eigenvalue weighted by molar-refractivity contribution is 6.25. The quantitative estimate of drug-likeness (QED) is 0.178. The molecule has 220 valence electrons. The first-order valence-corrected chi connectivity index (χ1v) is 16.6. The van der Waals surface area contributed by atoms with Crippen LogP contribution >= 0.6 is 0 Å². The molecule has 0 aliphatic heterocycles. The van der Waals surface area contributed by atoms with Crippen LogP contribution in [0.15, 0.2) is 158 Å². The molecular formula is C47H32. The Labute approximate surface area is 274 Å². The molecule has 0 spiro atoms. The van der Waals surface area contributed by atoms with Crippen LogP contribution in [-0.4, -0.2) is 0 Å². The summed E-state index contributed by atoms with van der Waals surface area (Å²) < 4.78 is 0. The first-order chi connectivity index (χ1) is 23.1. The summed E-state index contributed by atoms with van der Waals surface area (Å²) in [7, 11) is 0. The van der Waals surface area contributed by atoms with Crippen molar-refractivity contribution in [1.29, 1.82) is 0 Å². The SMILES string of the molecule is CC1(C)c2ccccc2-c2cccc3c(-c4cc(-c5ccccc5)cc(-c5ccc6ccc7cccc8ccc5c6c78)c4)ccc1c23. The van der Waals surface area contributed by atoms with Gasteiger partial charge in [-0.3, -0.25) is 0 Å². The van der Waals surface area contributed by atoms with Gasteiger partial charge in [0.25, 0.3) is 0 Å². The Morgan fingerprint density at radius 3 is 1.68 bits per heavy atom. The van der Waals surface area contributed by atoms with Crippen molar-refractivity contribution in [2.45, 2.75) is 19.3 Å². The van der Waals surface area contributed by atoms with Crippen molar-refractivity contribution in [2.24, 2.45) is 0 Å². The third-order valence-electron chi connectivity index (χ3n) is 10.8. The monoisotopic (exact) mass is 596 g/mol. The molecule has 0 heteroatoms. The number of fused-ring (bicyclic) bond motifs is 2. The van der Waals surface area contributed by atoms with E-state index < -0.39 is 0 Å². The molecule has 0 heterocycles. The molecule has 0 radical (unpaired) electrons. The van der Waals surface area contributed by atoms with E-state index in [0.29, 0.717) is 0 Å². The van der Waals surface area contributed by atoms with Crippen LogP contribution in [0.2, 0.25) is 0 Å². The fourth-order valence-electron chi connectivity index (χ4n) is 8.53. The fourth-order valence-corrected chi connectivity index (χ4v) is 8.53. The molecule has 0 fully saturated rings. The van der Waals surface area contributed by atoms with Gasteiger partial charge < -0.3 is 0 Å². The first-order valence-electron chi connectivity index (χ1n) is 16.6.